The molecule has 0 aliphatic carbocycles. The molecule has 0 saturated heterocycles. The van der Waals surface area contributed by atoms with E-state index in [1.54, 1.807) is 7.11 Å². The standard InChI is InChI=1S/C10H11N3O/c1-14-8-4-2-3-7-5-6-9(13-11)12-10(7)8/h2-6H,11H2,1H3,(H,12,13). The van der Waals surface area contributed by atoms with Crippen molar-refractivity contribution in [2.75, 3.05) is 12.5 Å². The van der Waals surface area contributed by atoms with Crippen molar-refractivity contribution >= 4 is 16.7 Å². The van der Waals surface area contributed by atoms with E-state index in [-0.39, 0.29) is 0 Å². The average Bonchev–Trinajstić information content (AvgIpc) is 2.27. The number of hydrogen-bond donors (Lipinski definition) is 2. The molecule has 0 unspecified atom stereocenters. The summed E-state index contributed by atoms with van der Waals surface area (Å²) in [5, 5.41) is 1.03. The van der Waals surface area contributed by atoms with Crippen LogP contribution in [0.3, 0.4) is 0 Å². The Kier molecular flexibility index (Phi) is 2.20. The van der Waals surface area contributed by atoms with Gasteiger partial charge in [0.15, 0.2) is 0 Å². The Bertz CT molecular complexity index is 456. The molecule has 0 amide bonds. The third kappa shape index (κ3) is 1.36. The van der Waals surface area contributed by atoms with Crippen molar-refractivity contribution < 1.29 is 4.74 Å². The predicted molar refractivity (Wildman–Crippen MR) is 56.1 cm³/mol. The number of benzene rings is 1. The van der Waals surface area contributed by atoms with Crippen LogP contribution in [0.5, 0.6) is 5.75 Å². The van der Waals surface area contributed by atoms with Crippen LogP contribution < -0.4 is 16.0 Å². The second-order valence-corrected chi connectivity index (χ2v) is 2.87. The first-order chi connectivity index (χ1) is 6.85. The number of rotatable bonds is 2. The molecule has 0 bridgehead atoms. The van der Waals surface area contributed by atoms with E-state index in [2.05, 4.69) is 10.4 Å². The lowest BCUT2D eigenvalue weighted by Gasteiger charge is -2.05. The number of fused-ring (bicyclic) bond motifs is 1. The Balaban J connectivity index is 2.70. The highest BCUT2D eigenvalue weighted by Crippen LogP contribution is 2.24. The number of pyridine rings is 1. The largest absolute Gasteiger partial charge is 0.494 e. The molecule has 14 heavy (non-hydrogen) atoms. The first-order valence-corrected chi connectivity index (χ1v) is 4.25. The fourth-order valence-electron chi connectivity index (χ4n) is 1.36. The summed E-state index contributed by atoms with van der Waals surface area (Å²) in [5.41, 5.74) is 3.31. The number of aromatic nitrogens is 1. The summed E-state index contributed by atoms with van der Waals surface area (Å²) in [5.74, 6) is 6.66. The molecule has 0 atom stereocenters. The van der Waals surface area contributed by atoms with Crippen LogP contribution in [0, 0.1) is 0 Å². The molecule has 3 N–H and O–H groups in total. The monoisotopic (exact) mass is 189 g/mol. The fraction of sp³-hybridized carbons (Fsp3) is 0.100. The Morgan fingerprint density at radius 2 is 2.14 bits per heavy atom. The molecule has 1 aromatic heterocycles. The van der Waals surface area contributed by atoms with E-state index in [9.17, 15) is 0 Å². The minimum absolute atomic E-state index is 0.627. The summed E-state index contributed by atoms with van der Waals surface area (Å²) in [4.78, 5) is 4.30. The van der Waals surface area contributed by atoms with Gasteiger partial charge in [0.05, 0.1) is 7.11 Å². The van der Waals surface area contributed by atoms with Crippen molar-refractivity contribution in [2.45, 2.75) is 0 Å². The lowest BCUT2D eigenvalue weighted by atomic mass is 10.2. The SMILES string of the molecule is COc1cccc2ccc(NN)nc12. The minimum Gasteiger partial charge on any atom is -0.494 e. The van der Waals surface area contributed by atoms with Gasteiger partial charge in [-0.25, -0.2) is 10.8 Å². The van der Waals surface area contributed by atoms with Crippen molar-refractivity contribution in [1.29, 1.82) is 0 Å². The van der Waals surface area contributed by atoms with Crippen molar-refractivity contribution in [2.24, 2.45) is 5.84 Å². The molecule has 4 nitrogen and oxygen atoms in total. The first kappa shape index (κ1) is 8.77. The fourth-order valence-corrected chi connectivity index (χ4v) is 1.36. The van der Waals surface area contributed by atoms with Gasteiger partial charge >= 0.3 is 0 Å². The van der Waals surface area contributed by atoms with Crippen LogP contribution in [0.2, 0.25) is 0 Å². The van der Waals surface area contributed by atoms with Gasteiger partial charge in [0, 0.05) is 5.39 Å². The van der Waals surface area contributed by atoms with Crippen molar-refractivity contribution in [3.8, 4) is 5.75 Å². The van der Waals surface area contributed by atoms with Crippen LogP contribution in [0.25, 0.3) is 10.9 Å². The molecule has 2 aromatic rings. The Morgan fingerprint density at radius 3 is 2.86 bits per heavy atom. The van der Waals surface area contributed by atoms with Crippen LogP contribution in [0.1, 0.15) is 0 Å². The van der Waals surface area contributed by atoms with Gasteiger partial charge in [0.25, 0.3) is 0 Å². The van der Waals surface area contributed by atoms with Crippen LogP contribution >= 0.6 is 0 Å². The second-order valence-electron chi connectivity index (χ2n) is 2.87. The molecule has 72 valence electrons. The molecule has 1 aromatic carbocycles. The van der Waals surface area contributed by atoms with Crippen molar-refractivity contribution in [1.82, 2.24) is 4.98 Å². The number of anilines is 1. The summed E-state index contributed by atoms with van der Waals surface area (Å²) < 4.78 is 5.20. The normalized spacial score (nSPS) is 10.1. The van der Waals surface area contributed by atoms with E-state index in [0.29, 0.717) is 5.82 Å². The zero-order valence-electron chi connectivity index (χ0n) is 7.82. The number of nitrogens with one attached hydrogen (secondary N) is 1. The van der Waals surface area contributed by atoms with Gasteiger partial charge in [0.2, 0.25) is 0 Å². The predicted octanol–water partition coefficient (Wildman–Crippen LogP) is 1.53. The third-order valence-corrected chi connectivity index (χ3v) is 2.05. The molecular weight excluding hydrogens is 178 g/mol. The number of hydrazine groups is 1. The number of hydrogen-bond acceptors (Lipinski definition) is 4. The van der Waals surface area contributed by atoms with E-state index in [0.717, 1.165) is 16.7 Å². The van der Waals surface area contributed by atoms with Crippen LogP contribution in [0.15, 0.2) is 30.3 Å². The summed E-state index contributed by atoms with van der Waals surface area (Å²) in [6, 6.07) is 9.54. The topological polar surface area (TPSA) is 60.2 Å². The van der Waals surface area contributed by atoms with E-state index in [1.807, 2.05) is 30.3 Å². The first-order valence-electron chi connectivity index (χ1n) is 4.25. The molecule has 2 rings (SSSR count). The number of nitrogens with zero attached hydrogens (tertiary/aromatic N) is 1. The molecule has 0 saturated carbocycles. The lowest BCUT2D eigenvalue weighted by molar-refractivity contribution is 0.419. The molecule has 0 radical (unpaired) electrons. The number of methoxy groups -OCH3 is 1. The summed E-state index contributed by atoms with van der Waals surface area (Å²) >= 11 is 0. The maximum atomic E-state index is 5.28. The summed E-state index contributed by atoms with van der Waals surface area (Å²) in [6.07, 6.45) is 0. The van der Waals surface area contributed by atoms with Gasteiger partial charge in [-0.05, 0) is 18.2 Å². The second kappa shape index (κ2) is 3.51. The number of para-hydroxylation sites is 1. The van der Waals surface area contributed by atoms with Crippen molar-refractivity contribution in [3.63, 3.8) is 0 Å². The Morgan fingerprint density at radius 1 is 1.29 bits per heavy atom. The lowest BCUT2D eigenvalue weighted by Crippen LogP contribution is -2.08. The van der Waals surface area contributed by atoms with Gasteiger partial charge < -0.3 is 10.2 Å². The molecule has 0 aliphatic rings. The molecule has 0 spiro atoms. The zero-order chi connectivity index (χ0) is 9.97. The van der Waals surface area contributed by atoms with Gasteiger partial charge in [-0.3, -0.25) is 0 Å². The highest BCUT2D eigenvalue weighted by Gasteiger charge is 2.02. The van der Waals surface area contributed by atoms with Gasteiger partial charge in [0.1, 0.15) is 17.1 Å². The minimum atomic E-state index is 0.627. The molecule has 4 heteroatoms. The maximum Gasteiger partial charge on any atom is 0.145 e. The highest BCUT2D eigenvalue weighted by molar-refractivity contribution is 5.85. The van der Waals surface area contributed by atoms with E-state index < -0.39 is 0 Å². The van der Waals surface area contributed by atoms with Gasteiger partial charge in [-0.2, -0.15) is 0 Å². The molecular formula is C10H11N3O. The quantitative estimate of drug-likeness (QED) is 0.555. The molecule has 0 fully saturated rings. The highest BCUT2D eigenvalue weighted by atomic mass is 16.5. The Labute approximate surface area is 81.7 Å². The van der Waals surface area contributed by atoms with E-state index in [1.165, 1.54) is 0 Å². The summed E-state index contributed by atoms with van der Waals surface area (Å²) in [6.45, 7) is 0. The Hall–Kier alpha value is -1.81. The number of nitrogens with two attached hydrogens (primary N) is 1. The maximum absolute atomic E-state index is 5.28. The van der Waals surface area contributed by atoms with E-state index >= 15 is 0 Å². The van der Waals surface area contributed by atoms with Gasteiger partial charge in [-0.15, -0.1) is 0 Å². The number of ether oxygens (including phenoxy) is 1. The summed E-state index contributed by atoms with van der Waals surface area (Å²) in [7, 11) is 1.62. The average molecular weight is 189 g/mol. The van der Waals surface area contributed by atoms with Crippen molar-refractivity contribution in [3.05, 3.63) is 30.3 Å². The van der Waals surface area contributed by atoms with Crippen LogP contribution in [0.4, 0.5) is 5.82 Å². The third-order valence-electron chi connectivity index (χ3n) is 2.05. The number of nitrogen functional groups attached to an aromatic ring is 1. The van der Waals surface area contributed by atoms with Gasteiger partial charge in [-0.1, -0.05) is 12.1 Å². The van der Waals surface area contributed by atoms with Crippen LogP contribution in [-0.4, -0.2) is 12.1 Å². The van der Waals surface area contributed by atoms with E-state index in [4.69, 9.17) is 10.6 Å². The van der Waals surface area contributed by atoms with Crippen LogP contribution in [-0.2, 0) is 0 Å². The smallest absolute Gasteiger partial charge is 0.145 e. The molecule has 1 heterocycles. The molecule has 0 aliphatic heterocycles. The zero-order valence-corrected chi connectivity index (χ0v) is 7.82.